The Morgan fingerprint density at radius 1 is 0.944 bits per heavy atom. The minimum absolute atomic E-state index is 0.228. The summed E-state index contributed by atoms with van der Waals surface area (Å²) in [5, 5.41) is 0. The van der Waals surface area contributed by atoms with Crippen molar-refractivity contribution in [2.45, 2.75) is 25.7 Å². The van der Waals surface area contributed by atoms with Crippen LogP contribution in [-0.2, 0) is 0 Å². The van der Waals surface area contributed by atoms with Crippen molar-refractivity contribution >= 4 is 5.78 Å². The third-order valence-electron chi connectivity index (χ3n) is 3.29. The van der Waals surface area contributed by atoms with E-state index >= 15 is 0 Å². The summed E-state index contributed by atoms with van der Waals surface area (Å²) in [6, 6.07) is 19.8. The number of Topliss-reactive ketones (excluding diaryl/α,β-unsaturated/α-hetero) is 1. The average Bonchev–Trinajstić information content (AvgIpc) is 2.46. The molecule has 1 heteroatoms. The van der Waals surface area contributed by atoms with Gasteiger partial charge in [-0.25, -0.2) is 0 Å². The molecule has 2 rings (SSSR count). The second-order valence-electron chi connectivity index (χ2n) is 4.51. The van der Waals surface area contributed by atoms with E-state index in [1.807, 2.05) is 48.5 Å². The maximum Gasteiger partial charge on any atom is 0.163 e. The van der Waals surface area contributed by atoms with Gasteiger partial charge in [-0.2, -0.15) is 0 Å². The van der Waals surface area contributed by atoms with Crippen LogP contribution < -0.4 is 0 Å². The number of benzene rings is 2. The van der Waals surface area contributed by atoms with Crippen LogP contribution in [0.5, 0.6) is 0 Å². The van der Waals surface area contributed by atoms with Gasteiger partial charge in [0.2, 0.25) is 0 Å². The normalized spacial score (nSPS) is 12.1. The molecule has 0 amide bonds. The monoisotopic (exact) mass is 238 g/mol. The van der Waals surface area contributed by atoms with Crippen molar-refractivity contribution in [1.82, 2.24) is 0 Å². The van der Waals surface area contributed by atoms with Gasteiger partial charge in [-0.3, -0.25) is 4.79 Å². The zero-order valence-electron chi connectivity index (χ0n) is 10.7. The van der Waals surface area contributed by atoms with Crippen LogP contribution in [0.4, 0.5) is 0 Å². The molecule has 0 unspecified atom stereocenters. The van der Waals surface area contributed by atoms with Gasteiger partial charge in [0.05, 0.1) is 0 Å². The first-order valence-corrected chi connectivity index (χ1v) is 6.44. The molecule has 92 valence electrons. The van der Waals surface area contributed by atoms with Gasteiger partial charge < -0.3 is 0 Å². The van der Waals surface area contributed by atoms with Crippen molar-refractivity contribution in [3.05, 3.63) is 71.8 Å². The topological polar surface area (TPSA) is 17.1 Å². The van der Waals surface area contributed by atoms with Gasteiger partial charge in [-0.15, -0.1) is 0 Å². The number of carbonyl (C=O) groups excluding carboxylic acids is 1. The Bertz CT molecular complexity index is 488. The van der Waals surface area contributed by atoms with Crippen molar-refractivity contribution in [2.24, 2.45) is 0 Å². The van der Waals surface area contributed by atoms with Crippen molar-refractivity contribution in [3.63, 3.8) is 0 Å². The smallest absolute Gasteiger partial charge is 0.163 e. The highest BCUT2D eigenvalue weighted by Gasteiger charge is 2.14. The first kappa shape index (κ1) is 12.6. The summed E-state index contributed by atoms with van der Waals surface area (Å²) in [6.45, 7) is 2.13. The summed E-state index contributed by atoms with van der Waals surface area (Å²) in [5.41, 5.74) is 2.07. The van der Waals surface area contributed by atoms with E-state index in [0.717, 1.165) is 12.0 Å². The molecule has 0 spiro atoms. The zero-order valence-corrected chi connectivity index (χ0v) is 10.7. The summed E-state index contributed by atoms with van der Waals surface area (Å²) in [5.74, 6) is 0.546. The Balaban J connectivity index is 2.10. The maximum atomic E-state index is 12.2. The number of hydrogen-bond donors (Lipinski definition) is 0. The molecule has 0 bridgehead atoms. The van der Waals surface area contributed by atoms with Gasteiger partial charge in [0, 0.05) is 12.0 Å². The Morgan fingerprint density at radius 3 is 2.06 bits per heavy atom. The van der Waals surface area contributed by atoms with E-state index < -0.39 is 0 Å². The van der Waals surface area contributed by atoms with E-state index in [4.69, 9.17) is 0 Å². The molecule has 0 fully saturated rings. The van der Waals surface area contributed by atoms with Crippen molar-refractivity contribution in [2.75, 3.05) is 0 Å². The highest BCUT2D eigenvalue weighted by atomic mass is 16.1. The molecule has 0 heterocycles. The van der Waals surface area contributed by atoms with Gasteiger partial charge in [-0.05, 0) is 17.9 Å². The number of carbonyl (C=O) groups is 1. The first-order valence-electron chi connectivity index (χ1n) is 6.44. The molecule has 1 atom stereocenters. The molecule has 0 aliphatic carbocycles. The van der Waals surface area contributed by atoms with Crippen LogP contribution in [0.1, 0.15) is 41.6 Å². The second kappa shape index (κ2) is 6.15. The molecular formula is C17H18O. The third-order valence-corrected chi connectivity index (χ3v) is 3.29. The van der Waals surface area contributed by atoms with E-state index in [1.165, 1.54) is 5.56 Å². The summed E-state index contributed by atoms with van der Waals surface area (Å²) in [4.78, 5) is 12.2. The molecule has 0 aliphatic rings. The van der Waals surface area contributed by atoms with Crippen molar-refractivity contribution < 1.29 is 4.79 Å². The molecule has 0 radical (unpaired) electrons. The fourth-order valence-corrected chi connectivity index (χ4v) is 2.19. The van der Waals surface area contributed by atoms with Crippen LogP contribution in [0.15, 0.2) is 60.7 Å². The molecule has 1 nitrogen and oxygen atoms in total. The van der Waals surface area contributed by atoms with Crippen LogP contribution in [-0.4, -0.2) is 5.78 Å². The minimum Gasteiger partial charge on any atom is -0.294 e. The summed E-state index contributed by atoms with van der Waals surface area (Å²) < 4.78 is 0. The second-order valence-corrected chi connectivity index (χ2v) is 4.51. The summed E-state index contributed by atoms with van der Waals surface area (Å²) >= 11 is 0. The lowest BCUT2D eigenvalue weighted by Crippen LogP contribution is -2.06. The SMILES string of the molecule is CC[C@H](CC(=O)c1ccccc1)c1ccccc1. The Hall–Kier alpha value is -1.89. The van der Waals surface area contributed by atoms with Crippen LogP contribution in [0.3, 0.4) is 0 Å². The molecule has 0 saturated heterocycles. The lowest BCUT2D eigenvalue weighted by Gasteiger charge is -2.14. The third kappa shape index (κ3) is 3.07. The van der Waals surface area contributed by atoms with Crippen LogP contribution >= 0.6 is 0 Å². The van der Waals surface area contributed by atoms with Gasteiger partial charge >= 0.3 is 0 Å². The number of ketones is 1. The number of rotatable bonds is 5. The molecule has 0 aliphatic heterocycles. The van der Waals surface area contributed by atoms with E-state index in [9.17, 15) is 4.79 Å². The highest BCUT2D eigenvalue weighted by molar-refractivity contribution is 5.96. The van der Waals surface area contributed by atoms with Gasteiger partial charge in [0.1, 0.15) is 0 Å². The average molecular weight is 238 g/mol. The Labute approximate surface area is 108 Å². The minimum atomic E-state index is 0.228. The molecule has 0 aromatic heterocycles. The van der Waals surface area contributed by atoms with Crippen molar-refractivity contribution in [1.29, 1.82) is 0 Å². The van der Waals surface area contributed by atoms with E-state index in [0.29, 0.717) is 12.3 Å². The number of hydrogen-bond acceptors (Lipinski definition) is 1. The van der Waals surface area contributed by atoms with Gasteiger partial charge in [0.25, 0.3) is 0 Å². The maximum absolute atomic E-state index is 12.2. The Morgan fingerprint density at radius 2 is 1.50 bits per heavy atom. The fourth-order valence-electron chi connectivity index (χ4n) is 2.19. The van der Waals surface area contributed by atoms with Gasteiger partial charge in [0.15, 0.2) is 5.78 Å². The first-order chi connectivity index (χ1) is 8.81. The van der Waals surface area contributed by atoms with E-state index in [2.05, 4.69) is 19.1 Å². The Kier molecular flexibility index (Phi) is 4.30. The lowest BCUT2D eigenvalue weighted by molar-refractivity contribution is 0.0973. The molecule has 18 heavy (non-hydrogen) atoms. The largest absolute Gasteiger partial charge is 0.294 e. The predicted octanol–water partition coefficient (Wildman–Crippen LogP) is 4.45. The predicted molar refractivity (Wildman–Crippen MR) is 74.9 cm³/mol. The molecule has 2 aromatic rings. The van der Waals surface area contributed by atoms with Crippen LogP contribution in [0.25, 0.3) is 0 Å². The highest BCUT2D eigenvalue weighted by Crippen LogP contribution is 2.24. The molecule has 0 saturated carbocycles. The van der Waals surface area contributed by atoms with Crippen LogP contribution in [0.2, 0.25) is 0 Å². The molecular weight excluding hydrogens is 220 g/mol. The van der Waals surface area contributed by atoms with E-state index in [1.54, 1.807) is 0 Å². The molecule has 2 aromatic carbocycles. The lowest BCUT2D eigenvalue weighted by atomic mass is 9.90. The quantitative estimate of drug-likeness (QED) is 0.703. The molecule has 0 N–H and O–H groups in total. The van der Waals surface area contributed by atoms with Crippen LogP contribution in [0, 0.1) is 0 Å². The standard InChI is InChI=1S/C17H18O/c1-2-14(15-9-5-3-6-10-15)13-17(18)16-11-7-4-8-12-16/h3-12,14H,2,13H2,1H3/t14-/m1/s1. The summed E-state index contributed by atoms with van der Waals surface area (Å²) in [7, 11) is 0. The zero-order chi connectivity index (χ0) is 12.8. The van der Waals surface area contributed by atoms with Gasteiger partial charge in [-0.1, -0.05) is 67.6 Å². The van der Waals surface area contributed by atoms with E-state index in [-0.39, 0.29) is 5.78 Å². The summed E-state index contributed by atoms with van der Waals surface area (Å²) in [6.07, 6.45) is 1.58. The van der Waals surface area contributed by atoms with Crippen molar-refractivity contribution in [3.8, 4) is 0 Å². The fraction of sp³-hybridized carbons (Fsp3) is 0.235.